The normalized spacial score (nSPS) is 18.1. The van der Waals surface area contributed by atoms with Gasteiger partial charge in [0.2, 0.25) is 10.0 Å². The first-order chi connectivity index (χ1) is 6.06. The molecule has 1 aliphatic rings. The molecule has 0 amide bonds. The number of hydrogen-bond donors (Lipinski definition) is 1. The van der Waals surface area contributed by atoms with Crippen LogP contribution in [0.4, 0.5) is 0 Å². The number of sulfonamides is 1. The van der Waals surface area contributed by atoms with E-state index in [1.807, 2.05) is 0 Å². The second kappa shape index (κ2) is 4.39. The topological polar surface area (TPSA) is 49.4 Å². The lowest BCUT2D eigenvalue weighted by atomic mass is 10.4. The molecule has 1 N–H and O–H groups in total. The van der Waals surface area contributed by atoms with Gasteiger partial charge in [0.15, 0.2) is 0 Å². The highest BCUT2D eigenvalue weighted by Gasteiger charge is 2.27. The second-order valence-electron chi connectivity index (χ2n) is 3.64. The fourth-order valence-corrected chi connectivity index (χ4v) is 2.38. The molecule has 13 heavy (non-hydrogen) atoms. The summed E-state index contributed by atoms with van der Waals surface area (Å²) in [5, 5.41) is 2.84. The summed E-state index contributed by atoms with van der Waals surface area (Å²) < 4.78 is 24.6. The van der Waals surface area contributed by atoms with Crippen molar-refractivity contribution in [2.24, 2.45) is 5.92 Å². The minimum Gasteiger partial charge on any atom is -0.319 e. The van der Waals surface area contributed by atoms with Crippen LogP contribution in [0.25, 0.3) is 0 Å². The van der Waals surface area contributed by atoms with Crippen LogP contribution >= 0.6 is 0 Å². The summed E-state index contributed by atoms with van der Waals surface area (Å²) in [5.41, 5.74) is 0. The van der Waals surface area contributed by atoms with Crippen LogP contribution in [0.15, 0.2) is 0 Å². The van der Waals surface area contributed by atoms with Crippen LogP contribution in [0.1, 0.15) is 12.8 Å². The fraction of sp³-hybridized carbons (Fsp3) is 1.00. The Morgan fingerprint density at radius 1 is 1.46 bits per heavy atom. The van der Waals surface area contributed by atoms with Crippen molar-refractivity contribution < 1.29 is 8.42 Å². The van der Waals surface area contributed by atoms with Crippen LogP contribution in [0.5, 0.6) is 0 Å². The highest BCUT2D eigenvalue weighted by atomic mass is 32.2. The van der Waals surface area contributed by atoms with E-state index in [0.717, 1.165) is 0 Å². The predicted octanol–water partition coefficient (Wildman–Crippen LogP) is -0.123. The third-order valence-corrected chi connectivity index (χ3v) is 4.12. The molecule has 0 aromatic carbocycles. The summed E-state index contributed by atoms with van der Waals surface area (Å²) in [6.45, 7) is 1.23. The second-order valence-corrected chi connectivity index (χ2v) is 5.84. The van der Waals surface area contributed by atoms with Crippen LogP contribution in [-0.2, 0) is 10.0 Å². The van der Waals surface area contributed by atoms with Gasteiger partial charge >= 0.3 is 0 Å². The fourth-order valence-electron chi connectivity index (χ4n) is 1.16. The van der Waals surface area contributed by atoms with Crippen molar-refractivity contribution in [2.45, 2.75) is 12.8 Å². The van der Waals surface area contributed by atoms with Crippen molar-refractivity contribution in [2.75, 3.05) is 32.9 Å². The van der Waals surface area contributed by atoms with E-state index in [9.17, 15) is 8.42 Å². The minimum atomic E-state index is -3.01. The van der Waals surface area contributed by atoms with Crippen LogP contribution in [0.2, 0.25) is 0 Å². The first kappa shape index (κ1) is 10.9. The monoisotopic (exact) mass is 206 g/mol. The van der Waals surface area contributed by atoms with E-state index in [0.29, 0.717) is 19.0 Å². The Balaban J connectivity index is 2.36. The third kappa shape index (κ3) is 3.62. The average molecular weight is 206 g/mol. The van der Waals surface area contributed by atoms with Gasteiger partial charge in [0, 0.05) is 20.1 Å². The van der Waals surface area contributed by atoms with E-state index in [4.69, 9.17) is 0 Å². The smallest absolute Gasteiger partial charge is 0.215 e. The van der Waals surface area contributed by atoms with Gasteiger partial charge in [-0.15, -0.1) is 0 Å². The van der Waals surface area contributed by atoms with Crippen molar-refractivity contribution in [1.29, 1.82) is 0 Å². The Hall–Kier alpha value is -0.130. The summed E-state index contributed by atoms with van der Waals surface area (Å²) in [7, 11) is 0.424. The van der Waals surface area contributed by atoms with Crippen molar-refractivity contribution in [3.63, 3.8) is 0 Å². The number of nitrogens with zero attached hydrogens (tertiary/aromatic N) is 1. The van der Waals surface area contributed by atoms with Crippen molar-refractivity contribution in [3.8, 4) is 0 Å². The van der Waals surface area contributed by atoms with Gasteiger partial charge in [-0.05, 0) is 25.8 Å². The first-order valence-electron chi connectivity index (χ1n) is 4.65. The maximum atomic E-state index is 11.5. The molecule has 0 bridgehead atoms. The van der Waals surface area contributed by atoms with Gasteiger partial charge in [-0.2, -0.15) is 0 Å². The van der Waals surface area contributed by atoms with Gasteiger partial charge in [0.05, 0.1) is 5.75 Å². The Morgan fingerprint density at radius 3 is 2.54 bits per heavy atom. The summed E-state index contributed by atoms with van der Waals surface area (Å²) in [6, 6.07) is 0. The molecule has 1 aliphatic carbocycles. The summed E-state index contributed by atoms with van der Waals surface area (Å²) >= 11 is 0. The summed E-state index contributed by atoms with van der Waals surface area (Å²) in [6.07, 6.45) is 2.37. The highest BCUT2D eigenvalue weighted by Crippen LogP contribution is 2.29. The molecule has 0 atom stereocenters. The Kier molecular flexibility index (Phi) is 3.70. The number of nitrogens with one attached hydrogen (secondary N) is 1. The van der Waals surface area contributed by atoms with Crippen LogP contribution in [-0.4, -0.2) is 45.7 Å². The Morgan fingerprint density at radius 2 is 2.08 bits per heavy atom. The molecule has 0 heterocycles. The average Bonchev–Trinajstić information content (AvgIpc) is 2.84. The molecule has 0 unspecified atom stereocenters. The lowest BCUT2D eigenvalue weighted by Crippen LogP contribution is -2.34. The molecule has 78 valence electrons. The van der Waals surface area contributed by atoms with Gasteiger partial charge in [-0.25, -0.2) is 12.7 Å². The zero-order valence-electron chi connectivity index (χ0n) is 8.28. The van der Waals surface area contributed by atoms with Gasteiger partial charge in [-0.3, -0.25) is 0 Å². The number of rotatable bonds is 6. The molecule has 0 saturated heterocycles. The largest absolute Gasteiger partial charge is 0.319 e. The van der Waals surface area contributed by atoms with Crippen LogP contribution in [0.3, 0.4) is 0 Å². The standard InChI is InChI=1S/C8H18N2O2S/c1-9-5-6-13(11,12)10(2)7-8-3-4-8/h8-9H,3-7H2,1-2H3. The minimum absolute atomic E-state index is 0.201. The molecule has 1 fully saturated rings. The molecule has 0 aromatic heterocycles. The van der Waals surface area contributed by atoms with E-state index in [1.165, 1.54) is 17.1 Å². The van der Waals surface area contributed by atoms with E-state index < -0.39 is 10.0 Å². The zero-order valence-corrected chi connectivity index (χ0v) is 9.10. The van der Waals surface area contributed by atoms with E-state index >= 15 is 0 Å². The van der Waals surface area contributed by atoms with Crippen molar-refractivity contribution >= 4 is 10.0 Å². The summed E-state index contributed by atoms with van der Waals surface area (Å²) in [5.74, 6) is 0.821. The quantitative estimate of drug-likeness (QED) is 0.659. The molecule has 0 aromatic rings. The van der Waals surface area contributed by atoms with Gasteiger partial charge in [0.1, 0.15) is 0 Å². The number of hydrogen-bond acceptors (Lipinski definition) is 3. The first-order valence-corrected chi connectivity index (χ1v) is 6.26. The molecule has 0 spiro atoms. The Labute approximate surface area is 80.4 Å². The van der Waals surface area contributed by atoms with Crippen molar-refractivity contribution in [3.05, 3.63) is 0 Å². The van der Waals surface area contributed by atoms with E-state index in [2.05, 4.69) is 5.32 Å². The highest BCUT2D eigenvalue weighted by molar-refractivity contribution is 7.89. The van der Waals surface area contributed by atoms with E-state index in [1.54, 1.807) is 14.1 Å². The molecular formula is C8H18N2O2S. The van der Waals surface area contributed by atoms with Gasteiger partial charge in [0.25, 0.3) is 0 Å². The predicted molar refractivity (Wildman–Crippen MR) is 53.1 cm³/mol. The van der Waals surface area contributed by atoms with Gasteiger partial charge < -0.3 is 5.32 Å². The molecule has 1 rings (SSSR count). The molecule has 0 aliphatic heterocycles. The summed E-state index contributed by atoms with van der Waals surface area (Å²) in [4.78, 5) is 0. The molecule has 1 saturated carbocycles. The maximum absolute atomic E-state index is 11.5. The van der Waals surface area contributed by atoms with E-state index in [-0.39, 0.29) is 5.75 Å². The third-order valence-electron chi connectivity index (χ3n) is 2.30. The van der Waals surface area contributed by atoms with Crippen LogP contribution in [0, 0.1) is 5.92 Å². The Bertz CT molecular complexity index is 247. The zero-order chi connectivity index (χ0) is 9.90. The molecule has 5 heteroatoms. The van der Waals surface area contributed by atoms with Crippen molar-refractivity contribution in [1.82, 2.24) is 9.62 Å². The molecular weight excluding hydrogens is 188 g/mol. The van der Waals surface area contributed by atoms with Crippen LogP contribution < -0.4 is 5.32 Å². The lowest BCUT2D eigenvalue weighted by molar-refractivity contribution is 0.452. The molecule has 4 nitrogen and oxygen atoms in total. The molecule has 0 radical (unpaired) electrons. The SMILES string of the molecule is CNCCS(=O)(=O)N(C)CC1CC1. The lowest BCUT2D eigenvalue weighted by Gasteiger charge is -2.16. The van der Waals surface area contributed by atoms with Gasteiger partial charge in [-0.1, -0.05) is 0 Å². The maximum Gasteiger partial charge on any atom is 0.215 e.